The predicted octanol–water partition coefficient (Wildman–Crippen LogP) is 4.61. The van der Waals surface area contributed by atoms with E-state index in [1.807, 2.05) is 6.07 Å². The molecule has 1 amide bonds. The number of benzene rings is 3. The number of amides is 1. The summed E-state index contributed by atoms with van der Waals surface area (Å²) in [5.41, 5.74) is 1.90. The molecule has 180 valence electrons. The van der Waals surface area contributed by atoms with Crippen molar-refractivity contribution < 1.29 is 17.9 Å². The minimum Gasteiger partial charge on any atom is -0.495 e. The van der Waals surface area contributed by atoms with Crippen LogP contribution in [0.4, 0.5) is 17.1 Å². The lowest BCUT2D eigenvalue weighted by Gasteiger charge is -2.30. The van der Waals surface area contributed by atoms with Crippen molar-refractivity contribution in [2.45, 2.75) is 24.2 Å². The van der Waals surface area contributed by atoms with E-state index in [9.17, 15) is 13.2 Å². The highest BCUT2D eigenvalue weighted by molar-refractivity contribution is 7.93. The van der Waals surface area contributed by atoms with E-state index in [1.165, 1.54) is 19.2 Å². The molecule has 0 aliphatic carbocycles. The molecule has 0 saturated carbocycles. The number of anilines is 3. The number of carbonyl (C=O) groups excluding carboxylic acids is 1. The van der Waals surface area contributed by atoms with Gasteiger partial charge in [-0.2, -0.15) is 5.26 Å². The number of nitrogens with zero attached hydrogens (tertiary/aromatic N) is 2. The van der Waals surface area contributed by atoms with Crippen molar-refractivity contribution in [2.75, 3.05) is 35.1 Å². The number of methoxy groups -OCH3 is 1. The monoisotopic (exact) mass is 490 g/mol. The van der Waals surface area contributed by atoms with E-state index < -0.39 is 15.9 Å². The lowest BCUT2D eigenvalue weighted by Crippen LogP contribution is -2.31. The number of para-hydroxylation sites is 2. The summed E-state index contributed by atoms with van der Waals surface area (Å²) in [7, 11) is -2.55. The molecule has 3 aromatic rings. The predicted molar refractivity (Wildman–Crippen MR) is 135 cm³/mol. The molecule has 1 aliphatic heterocycles. The van der Waals surface area contributed by atoms with Gasteiger partial charge in [0.1, 0.15) is 10.6 Å². The Hall–Kier alpha value is -4.03. The molecule has 1 fully saturated rings. The number of nitrogens with one attached hydrogen (secondary N) is 2. The molecule has 1 heterocycles. The van der Waals surface area contributed by atoms with Crippen LogP contribution in [0.15, 0.2) is 71.6 Å². The van der Waals surface area contributed by atoms with Crippen molar-refractivity contribution in [3.63, 3.8) is 0 Å². The summed E-state index contributed by atoms with van der Waals surface area (Å²) >= 11 is 0. The standard InChI is InChI=1S/C26H26N4O4S/c1-34-24-11-4-3-10-22(24)29-35(32,33)25-17-21(12-13-23(25)30-14-5-2-6-15-30)28-26(31)20-9-7-8-19(16-20)18-27/h3-4,7-13,16-17,29H,2,5-6,14-15H2,1H3,(H,28,31). The van der Waals surface area contributed by atoms with Gasteiger partial charge in [0.15, 0.2) is 0 Å². The third-order valence-electron chi connectivity index (χ3n) is 5.81. The highest BCUT2D eigenvalue weighted by Crippen LogP contribution is 2.34. The van der Waals surface area contributed by atoms with Gasteiger partial charge in [-0.15, -0.1) is 0 Å². The van der Waals surface area contributed by atoms with Crippen LogP contribution in [0.3, 0.4) is 0 Å². The van der Waals surface area contributed by atoms with Gasteiger partial charge in [-0.3, -0.25) is 9.52 Å². The van der Waals surface area contributed by atoms with Gasteiger partial charge in [-0.05, 0) is 67.8 Å². The van der Waals surface area contributed by atoms with E-state index >= 15 is 0 Å². The van der Waals surface area contributed by atoms with Crippen LogP contribution in [0.2, 0.25) is 0 Å². The molecule has 0 spiro atoms. The highest BCUT2D eigenvalue weighted by Gasteiger charge is 2.25. The zero-order chi connectivity index (χ0) is 24.8. The van der Waals surface area contributed by atoms with E-state index in [2.05, 4.69) is 14.9 Å². The second-order valence-corrected chi connectivity index (χ2v) is 9.83. The Kier molecular flexibility index (Phi) is 7.22. The Morgan fingerprint density at radius 1 is 1.00 bits per heavy atom. The van der Waals surface area contributed by atoms with Crippen molar-refractivity contribution in [1.82, 2.24) is 0 Å². The van der Waals surface area contributed by atoms with Crippen LogP contribution in [-0.4, -0.2) is 34.5 Å². The van der Waals surface area contributed by atoms with Crippen molar-refractivity contribution >= 4 is 33.0 Å². The quantitative estimate of drug-likeness (QED) is 0.500. The normalized spacial score (nSPS) is 13.5. The van der Waals surface area contributed by atoms with Gasteiger partial charge in [0, 0.05) is 24.3 Å². The van der Waals surface area contributed by atoms with Crippen LogP contribution in [0.1, 0.15) is 35.2 Å². The molecule has 0 radical (unpaired) electrons. The molecule has 0 unspecified atom stereocenters. The zero-order valence-electron chi connectivity index (χ0n) is 19.3. The Bertz CT molecular complexity index is 1380. The second kappa shape index (κ2) is 10.5. The van der Waals surface area contributed by atoms with Crippen LogP contribution in [-0.2, 0) is 10.0 Å². The molecule has 0 bridgehead atoms. The molecular formula is C26H26N4O4S. The SMILES string of the molecule is COc1ccccc1NS(=O)(=O)c1cc(NC(=O)c2cccc(C#N)c2)ccc1N1CCCCC1. The molecule has 1 saturated heterocycles. The Morgan fingerprint density at radius 3 is 2.51 bits per heavy atom. The van der Waals surface area contributed by atoms with E-state index in [-0.39, 0.29) is 4.90 Å². The van der Waals surface area contributed by atoms with Crippen molar-refractivity contribution in [3.05, 3.63) is 77.9 Å². The molecule has 4 rings (SSSR count). The third-order valence-corrected chi connectivity index (χ3v) is 7.20. The molecule has 3 aromatic carbocycles. The summed E-state index contributed by atoms with van der Waals surface area (Å²) < 4.78 is 35.1. The zero-order valence-corrected chi connectivity index (χ0v) is 20.1. The molecule has 2 N–H and O–H groups in total. The fourth-order valence-electron chi connectivity index (χ4n) is 4.07. The highest BCUT2D eigenvalue weighted by atomic mass is 32.2. The van der Waals surface area contributed by atoms with Crippen molar-refractivity contribution in [1.29, 1.82) is 5.26 Å². The molecule has 0 aromatic heterocycles. The van der Waals surface area contributed by atoms with Gasteiger partial charge in [0.05, 0.1) is 30.1 Å². The minimum absolute atomic E-state index is 0.0638. The number of hydrogen-bond acceptors (Lipinski definition) is 6. The van der Waals surface area contributed by atoms with Gasteiger partial charge in [0.2, 0.25) is 0 Å². The van der Waals surface area contributed by atoms with Crippen molar-refractivity contribution in [2.24, 2.45) is 0 Å². The number of carbonyl (C=O) groups is 1. The topological polar surface area (TPSA) is 112 Å². The largest absolute Gasteiger partial charge is 0.495 e. The maximum atomic E-state index is 13.6. The summed E-state index contributed by atoms with van der Waals surface area (Å²) in [6.07, 6.45) is 3.06. The first-order valence-corrected chi connectivity index (χ1v) is 12.8. The smallest absolute Gasteiger partial charge is 0.264 e. The molecule has 1 aliphatic rings. The van der Waals surface area contributed by atoms with Crippen LogP contribution < -0.4 is 19.7 Å². The maximum absolute atomic E-state index is 13.6. The number of nitriles is 1. The maximum Gasteiger partial charge on any atom is 0.264 e. The van der Waals surface area contributed by atoms with E-state index in [1.54, 1.807) is 54.6 Å². The number of rotatable bonds is 7. The van der Waals surface area contributed by atoms with Gasteiger partial charge in [-0.25, -0.2) is 8.42 Å². The number of piperidine rings is 1. The van der Waals surface area contributed by atoms with Gasteiger partial charge in [0.25, 0.3) is 15.9 Å². The number of ether oxygens (including phenoxy) is 1. The van der Waals surface area contributed by atoms with Crippen LogP contribution >= 0.6 is 0 Å². The summed E-state index contributed by atoms with van der Waals surface area (Å²) in [4.78, 5) is 14.9. The molecule has 0 atom stereocenters. The van der Waals surface area contributed by atoms with E-state index in [4.69, 9.17) is 10.00 Å². The van der Waals surface area contributed by atoms with Gasteiger partial charge in [-0.1, -0.05) is 18.2 Å². The van der Waals surface area contributed by atoms with E-state index in [0.29, 0.717) is 33.9 Å². The van der Waals surface area contributed by atoms with Gasteiger partial charge < -0.3 is 15.0 Å². The number of sulfonamides is 1. The lowest BCUT2D eigenvalue weighted by atomic mass is 10.1. The van der Waals surface area contributed by atoms with Crippen molar-refractivity contribution in [3.8, 4) is 11.8 Å². The number of hydrogen-bond donors (Lipinski definition) is 2. The third kappa shape index (κ3) is 5.55. The molecule has 9 heteroatoms. The summed E-state index contributed by atoms with van der Waals surface area (Å²) in [6.45, 7) is 1.51. The Labute approximate surface area is 205 Å². The first kappa shape index (κ1) is 24.1. The Balaban J connectivity index is 1.70. The molecule has 35 heavy (non-hydrogen) atoms. The van der Waals surface area contributed by atoms with E-state index in [0.717, 1.165) is 32.4 Å². The average molecular weight is 491 g/mol. The summed E-state index contributed by atoms with van der Waals surface area (Å²) in [5.74, 6) is -0.0358. The van der Waals surface area contributed by atoms with Gasteiger partial charge >= 0.3 is 0 Å². The fraction of sp³-hybridized carbons (Fsp3) is 0.231. The van der Waals surface area contributed by atoms with Crippen LogP contribution in [0.5, 0.6) is 5.75 Å². The molecule has 8 nitrogen and oxygen atoms in total. The Morgan fingerprint density at radius 2 is 1.77 bits per heavy atom. The molecular weight excluding hydrogens is 464 g/mol. The fourth-order valence-corrected chi connectivity index (χ4v) is 5.39. The first-order valence-electron chi connectivity index (χ1n) is 11.3. The minimum atomic E-state index is -4.03. The van der Waals surface area contributed by atoms with Crippen LogP contribution in [0.25, 0.3) is 0 Å². The average Bonchev–Trinajstić information content (AvgIpc) is 2.89. The second-order valence-electron chi connectivity index (χ2n) is 8.18. The van der Waals surface area contributed by atoms with Crippen LogP contribution in [0, 0.1) is 11.3 Å². The summed E-state index contributed by atoms with van der Waals surface area (Å²) in [5, 5.41) is 11.9. The first-order chi connectivity index (χ1) is 16.9. The summed E-state index contributed by atoms with van der Waals surface area (Å²) in [6, 6.07) is 20.0. The lowest BCUT2D eigenvalue weighted by molar-refractivity contribution is 0.102.